The van der Waals surface area contributed by atoms with E-state index in [4.69, 9.17) is 0 Å². The van der Waals surface area contributed by atoms with E-state index in [9.17, 15) is 35.1 Å². The Bertz CT molecular complexity index is 1790. The molecule has 1 nitrogen and oxygen atoms in total. The fourth-order valence-corrected chi connectivity index (χ4v) is 7.81. The van der Waals surface area contributed by atoms with Gasteiger partial charge in [-0.1, -0.05) is 12.8 Å². The molecular formula is C36H28BF16N. The summed E-state index contributed by atoms with van der Waals surface area (Å²) in [5, 5.41) is 2.72. The van der Waals surface area contributed by atoms with Crippen LogP contribution in [0.1, 0.15) is 64.2 Å². The highest BCUT2D eigenvalue weighted by Crippen LogP contribution is 2.27. The van der Waals surface area contributed by atoms with E-state index >= 15 is 35.1 Å². The SMILES string of the molecule is C1CCC([NH2+]C2CCCCC2)CC1.Fc1cc(F)c([B-](c2c(F)cc(F)c(F)c2F)(c2c(F)cc(F)c(F)c2F)c2c(F)cc(F)c(F)c2F)c(F)c1F. The molecule has 292 valence electrons. The molecule has 2 saturated carbocycles. The molecule has 18 heteroatoms. The molecule has 0 spiro atoms. The molecule has 6 rings (SSSR count). The average molecular weight is 789 g/mol. The molecule has 0 aliphatic heterocycles. The van der Waals surface area contributed by atoms with Crippen molar-refractivity contribution in [2.75, 3.05) is 0 Å². The maximum absolute atomic E-state index is 15.3. The van der Waals surface area contributed by atoms with Gasteiger partial charge in [-0.05, 0) is 51.4 Å². The second kappa shape index (κ2) is 16.3. The predicted molar refractivity (Wildman–Crippen MR) is 165 cm³/mol. The van der Waals surface area contributed by atoms with Gasteiger partial charge in [0.25, 0.3) is 0 Å². The van der Waals surface area contributed by atoms with Crippen LogP contribution in [-0.2, 0) is 0 Å². The van der Waals surface area contributed by atoms with Gasteiger partial charge in [-0.2, -0.15) is 0 Å². The molecule has 2 N–H and O–H groups in total. The average Bonchev–Trinajstić information content (AvgIpc) is 3.12. The fraction of sp³-hybridized carbons (Fsp3) is 0.333. The van der Waals surface area contributed by atoms with Gasteiger partial charge in [-0.25, -0.2) is 70.2 Å². The summed E-state index contributed by atoms with van der Waals surface area (Å²) in [6, 6.07) is -0.929. The van der Waals surface area contributed by atoms with Gasteiger partial charge >= 0.3 is 0 Å². The largest absolute Gasteiger partial charge is 0.341 e. The highest BCUT2D eigenvalue weighted by Gasteiger charge is 2.49. The molecule has 2 fully saturated rings. The topological polar surface area (TPSA) is 16.6 Å². The van der Waals surface area contributed by atoms with Gasteiger partial charge in [-0.15, -0.1) is 21.9 Å². The lowest BCUT2D eigenvalue weighted by molar-refractivity contribution is -0.725. The molecule has 4 aromatic rings. The van der Waals surface area contributed by atoms with Crippen LogP contribution in [0.15, 0.2) is 24.3 Å². The Morgan fingerprint density at radius 2 is 0.537 bits per heavy atom. The second-order valence-corrected chi connectivity index (χ2v) is 13.4. The third-order valence-corrected chi connectivity index (χ3v) is 10.2. The van der Waals surface area contributed by atoms with Crippen molar-refractivity contribution in [3.63, 3.8) is 0 Å². The van der Waals surface area contributed by atoms with Crippen LogP contribution in [0.4, 0.5) is 70.2 Å². The first-order valence-corrected chi connectivity index (χ1v) is 16.8. The molecule has 0 heterocycles. The van der Waals surface area contributed by atoms with Gasteiger partial charge in [0.05, 0.1) is 35.4 Å². The molecule has 4 aromatic carbocycles. The number of halogens is 16. The van der Waals surface area contributed by atoms with E-state index in [2.05, 4.69) is 5.32 Å². The standard InChI is InChI=1S/C24H4BF16.C12H23N/c26-5-1-9(30)17(34)21(38)13(5)25(14-6(27)2-10(31)18(35)22(14)39,15-7(28)3-11(32)19(36)23(15)40)16-8(29)4-12(33)20(37)24(16)41;1-3-7-11(8-4-1)13-12-9-5-2-6-10-12/h1-4H;11-13H,1-10H2/q-1;/p+1. The van der Waals surface area contributed by atoms with Gasteiger partial charge in [0.15, 0.2) is 46.5 Å². The van der Waals surface area contributed by atoms with Gasteiger partial charge in [0, 0.05) is 24.3 Å². The smallest absolute Gasteiger partial charge is 0.191 e. The Kier molecular flexibility index (Phi) is 12.3. The van der Waals surface area contributed by atoms with Crippen LogP contribution in [0, 0.1) is 93.1 Å². The highest BCUT2D eigenvalue weighted by molar-refractivity contribution is 7.20. The maximum Gasteiger partial charge on any atom is 0.191 e. The van der Waals surface area contributed by atoms with E-state index in [1.807, 2.05) is 0 Å². The van der Waals surface area contributed by atoms with Crippen molar-refractivity contribution in [1.82, 2.24) is 0 Å². The van der Waals surface area contributed by atoms with Gasteiger partial charge < -0.3 is 5.32 Å². The quantitative estimate of drug-likeness (QED) is 0.0903. The number of hydrogen-bond acceptors (Lipinski definition) is 0. The lowest BCUT2D eigenvalue weighted by atomic mass is 9.12. The number of benzene rings is 4. The van der Waals surface area contributed by atoms with Crippen molar-refractivity contribution in [2.45, 2.75) is 76.3 Å². The van der Waals surface area contributed by atoms with Crippen LogP contribution in [0.25, 0.3) is 0 Å². The number of quaternary nitrogens is 1. The molecule has 0 unspecified atom stereocenters. The summed E-state index contributed by atoms with van der Waals surface area (Å²) >= 11 is 0. The Morgan fingerprint density at radius 3 is 0.759 bits per heavy atom. The third-order valence-electron chi connectivity index (χ3n) is 10.2. The molecule has 2 aliphatic carbocycles. The van der Waals surface area contributed by atoms with Gasteiger partial charge in [0.2, 0.25) is 0 Å². The predicted octanol–water partition coefficient (Wildman–Crippen LogP) is 7.50. The molecule has 0 radical (unpaired) electrons. The zero-order valence-corrected chi connectivity index (χ0v) is 27.7. The van der Waals surface area contributed by atoms with Crippen molar-refractivity contribution >= 4 is 28.0 Å². The van der Waals surface area contributed by atoms with E-state index in [1.54, 1.807) is 0 Å². The van der Waals surface area contributed by atoms with Crippen molar-refractivity contribution in [3.8, 4) is 0 Å². The highest BCUT2D eigenvalue weighted by atomic mass is 19.2. The molecule has 0 bridgehead atoms. The molecule has 54 heavy (non-hydrogen) atoms. The van der Waals surface area contributed by atoms with Crippen LogP contribution >= 0.6 is 0 Å². The van der Waals surface area contributed by atoms with Crippen LogP contribution < -0.4 is 27.2 Å². The molecular weight excluding hydrogens is 761 g/mol. The summed E-state index contributed by atoms with van der Waals surface area (Å²) in [7, 11) is 0. The van der Waals surface area contributed by atoms with Crippen molar-refractivity contribution in [3.05, 3.63) is 117 Å². The normalized spacial score (nSPS) is 15.7. The van der Waals surface area contributed by atoms with Crippen molar-refractivity contribution in [1.29, 1.82) is 0 Å². The van der Waals surface area contributed by atoms with E-state index in [1.165, 1.54) is 64.2 Å². The summed E-state index contributed by atoms with van der Waals surface area (Å²) in [5.74, 6) is -45.1. The lowest BCUT2D eigenvalue weighted by Gasteiger charge is -2.44. The van der Waals surface area contributed by atoms with Crippen LogP contribution in [0.5, 0.6) is 0 Å². The first-order chi connectivity index (χ1) is 25.4. The summed E-state index contributed by atoms with van der Waals surface area (Å²) in [5.41, 5.74) is -10.9. The maximum atomic E-state index is 15.3. The lowest BCUT2D eigenvalue weighted by Crippen LogP contribution is -2.95. The Labute approximate surface area is 297 Å². The molecule has 0 saturated heterocycles. The van der Waals surface area contributed by atoms with Crippen molar-refractivity contribution < 1.29 is 75.6 Å². The minimum atomic E-state index is -6.18. The number of hydrogen-bond donors (Lipinski definition) is 1. The van der Waals surface area contributed by atoms with Crippen LogP contribution in [-0.4, -0.2) is 18.2 Å². The minimum absolute atomic E-state index is 0.731. The Hall–Kier alpha value is -4.22. The van der Waals surface area contributed by atoms with Gasteiger partial charge in [0.1, 0.15) is 29.4 Å². The van der Waals surface area contributed by atoms with Crippen LogP contribution in [0.3, 0.4) is 0 Å². The van der Waals surface area contributed by atoms with Crippen molar-refractivity contribution in [2.24, 2.45) is 0 Å². The minimum Gasteiger partial charge on any atom is -0.341 e. The summed E-state index contributed by atoms with van der Waals surface area (Å²) < 4.78 is 235. The Balaban J connectivity index is 0.000000360. The molecule has 0 aromatic heterocycles. The van der Waals surface area contributed by atoms with Crippen LogP contribution in [0.2, 0.25) is 0 Å². The molecule has 0 amide bonds. The van der Waals surface area contributed by atoms with E-state index in [0.29, 0.717) is 0 Å². The Morgan fingerprint density at radius 1 is 0.315 bits per heavy atom. The van der Waals surface area contributed by atoms with E-state index < -0.39 is 145 Å². The monoisotopic (exact) mass is 789 g/mol. The fourth-order valence-electron chi connectivity index (χ4n) is 7.81. The van der Waals surface area contributed by atoms with Gasteiger partial charge in [-0.3, -0.25) is 0 Å². The third kappa shape index (κ3) is 7.29. The molecule has 2 aliphatic rings. The zero-order valence-electron chi connectivity index (χ0n) is 27.7. The number of rotatable bonds is 6. The number of nitrogens with two attached hydrogens (primary N) is 1. The summed E-state index contributed by atoms with van der Waals surface area (Å²) in [4.78, 5) is 0. The summed E-state index contributed by atoms with van der Waals surface area (Å²) in [6.07, 6.45) is 8.77. The van der Waals surface area contributed by atoms with E-state index in [-0.39, 0.29) is 0 Å². The van der Waals surface area contributed by atoms with E-state index in [0.717, 1.165) is 12.1 Å². The summed E-state index contributed by atoms with van der Waals surface area (Å²) in [6.45, 7) is 0. The zero-order chi connectivity index (χ0) is 39.8. The molecule has 0 atom stereocenters. The first kappa shape index (κ1) is 41.0. The second-order valence-electron chi connectivity index (χ2n) is 13.4. The first-order valence-electron chi connectivity index (χ1n) is 16.8.